The molecule has 1 N–H and O–H groups in total. The normalized spacial score (nSPS) is 12.3. The Bertz CT molecular complexity index is 778. The molecule has 1 heterocycles. The Labute approximate surface area is 123 Å². The molecule has 21 heavy (non-hydrogen) atoms. The zero-order valence-electron chi connectivity index (χ0n) is 12.1. The zero-order chi connectivity index (χ0) is 14.8. The van der Waals surface area contributed by atoms with Crippen molar-refractivity contribution in [1.29, 1.82) is 0 Å². The molecule has 0 aliphatic carbocycles. The van der Waals surface area contributed by atoms with E-state index in [9.17, 15) is 5.11 Å². The summed E-state index contributed by atoms with van der Waals surface area (Å²) < 4.78 is 5.37. The molecule has 3 nitrogen and oxygen atoms in total. The minimum atomic E-state index is -0.765. The quantitative estimate of drug-likeness (QED) is 0.796. The Hall–Kier alpha value is -2.39. The van der Waals surface area contributed by atoms with Crippen LogP contribution < -0.4 is 4.74 Å². The molecule has 1 unspecified atom stereocenters. The van der Waals surface area contributed by atoms with Crippen LogP contribution in [0.15, 0.2) is 54.9 Å². The van der Waals surface area contributed by atoms with E-state index in [-0.39, 0.29) is 0 Å². The van der Waals surface area contributed by atoms with Gasteiger partial charge in [0.1, 0.15) is 11.9 Å². The van der Waals surface area contributed by atoms with Crippen molar-refractivity contribution < 1.29 is 9.84 Å². The smallest absolute Gasteiger partial charge is 0.125 e. The summed E-state index contributed by atoms with van der Waals surface area (Å²) in [5, 5.41) is 12.8. The minimum absolute atomic E-state index is 0.682. The van der Waals surface area contributed by atoms with Gasteiger partial charge in [-0.25, -0.2) is 0 Å². The maximum Gasteiger partial charge on any atom is 0.125 e. The summed E-state index contributed by atoms with van der Waals surface area (Å²) >= 11 is 0. The standard InChI is InChI=1S/C18H17NO2/c1-12-7-8-17(21-2)15(9-12)18(20)16-11-19-10-13-5-3-4-6-14(13)16/h3-11,18,20H,1-2H3. The number of methoxy groups -OCH3 is 1. The second kappa shape index (κ2) is 5.54. The van der Waals surface area contributed by atoms with Crippen LogP contribution in [0.1, 0.15) is 22.8 Å². The number of benzene rings is 2. The molecule has 1 atom stereocenters. The van der Waals surface area contributed by atoms with Crippen LogP contribution >= 0.6 is 0 Å². The van der Waals surface area contributed by atoms with Gasteiger partial charge in [0.2, 0.25) is 0 Å². The van der Waals surface area contributed by atoms with Crippen molar-refractivity contribution in [2.75, 3.05) is 7.11 Å². The fraction of sp³-hybridized carbons (Fsp3) is 0.167. The van der Waals surface area contributed by atoms with Crippen molar-refractivity contribution in [2.45, 2.75) is 13.0 Å². The Kier molecular flexibility index (Phi) is 3.59. The van der Waals surface area contributed by atoms with Crippen LogP contribution in [0.2, 0.25) is 0 Å². The summed E-state index contributed by atoms with van der Waals surface area (Å²) in [7, 11) is 1.61. The molecule has 2 aromatic carbocycles. The molecular weight excluding hydrogens is 262 g/mol. The lowest BCUT2D eigenvalue weighted by atomic mass is 9.96. The van der Waals surface area contributed by atoms with Crippen molar-refractivity contribution in [3.8, 4) is 5.75 Å². The van der Waals surface area contributed by atoms with Crippen LogP contribution in [0.4, 0.5) is 0 Å². The van der Waals surface area contributed by atoms with Gasteiger partial charge < -0.3 is 9.84 Å². The van der Waals surface area contributed by atoms with E-state index >= 15 is 0 Å². The summed E-state index contributed by atoms with van der Waals surface area (Å²) in [5.41, 5.74) is 2.63. The van der Waals surface area contributed by atoms with Crippen molar-refractivity contribution in [3.63, 3.8) is 0 Å². The third-order valence-electron chi connectivity index (χ3n) is 3.67. The number of aliphatic hydroxyl groups excluding tert-OH is 1. The minimum Gasteiger partial charge on any atom is -0.496 e. The van der Waals surface area contributed by atoms with E-state index in [1.165, 1.54) is 0 Å². The van der Waals surface area contributed by atoms with E-state index < -0.39 is 6.10 Å². The van der Waals surface area contributed by atoms with Gasteiger partial charge in [-0.2, -0.15) is 0 Å². The van der Waals surface area contributed by atoms with Gasteiger partial charge in [0, 0.05) is 28.9 Å². The number of aromatic nitrogens is 1. The number of pyridine rings is 1. The summed E-state index contributed by atoms with van der Waals surface area (Å²) in [5.74, 6) is 0.682. The molecule has 0 aliphatic rings. The third kappa shape index (κ3) is 2.48. The predicted molar refractivity (Wildman–Crippen MR) is 83.5 cm³/mol. The molecule has 0 radical (unpaired) electrons. The van der Waals surface area contributed by atoms with Crippen LogP contribution in [0.25, 0.3) is 10.8 Å². The second-order valence-electron chi connectivity index (χ2n) is 5.10. The maximum atomic E-state index is 10.8. The lowest BCUT2D eigenvalue weighted by molar-refractivity contribution is 0.216. The van der Waals surface area contributed by atoms with Crippen LogP contribution in [0.3, 0.4) is 0 Å². The molecule has 0 aliphatic heterocycles. The molecule has 0 saturated carbocycles. The Morgan fingerprint density at radius 2 is 1.86 bits per heavy atom. The highest BCUT2D eigenvalue weighted by Crippen LogP contribution is 2.33. The lowest BCUT2D eigenvalue weighted by Crippen LogP contribution is -2.04. The van der Waals surface area contributed by atoms with Crippen LogP contribution in [0, 0.1) is 6.92 Å². The van der Waals surface area contributed by atoms with Gasteiger partial charge in [-0.3, -0.25) is 4.98 Å². The number of nitrogens with zero attached hydrogens (tertiary/aromatic N) is 1. The van der Waals surface area contributed by atoms with Gasteiger partial charge >= 0.3 is 0 Å². The molecule has 3 heteroatoms. The van der Waals surface area contributed by atoms with Gasteiger partial charge in [-0.15, -0.1) is 0 Å². The van der Waals surface area contributed by atoms with Gasteiger partial charge in [0.05, 0.1) is 7.11 Å². The molecule has 0 spiro atoms. The topological polar surface area (TPSA) is 42.4 Å². The molecule has 1 aromatic heterocycles. The Balaban J connectivity index is 2.17. The van der Waals surface area contributed by atoms with E-state index in [0.717, 1.165) is 27.5 Å². The first-order valence-electron chi connectivity index (χ1n) is 6.86. The fourth-order valence-electron chi connectivity index (χ4n) is 2.59. The highest BCUT2D eigenvalue weighted by Gasteiger charge is 2.18. The van der Waals surface area contributed by atoms with Crippen molar-refractivity contribution in [2.24, 2.45) is 0 Å². The average Bonchev–Trinajstić information content (AvgIpc) is 2.53. The monoisotopic (exact) mass is 279 g/mol. The third-order valence-corrected chi connectivity index (χ3v) is 3.67. The van der Waals surface area contributed by atoms with E-state index in [1.807, 2.05) is 49.4 Å². The average molecular weight is 279 g/mol. The number of aliphatic hydroxyl groups is 1. The highest BCUT2D eigenvalue weighted by atomic mass is 16.5. The molecule has 3 rings (SSSR count). The number of rotatable bonds is 3. The SMILES string of the molecule is COc1ccc(C)cc1C(O)c1cncc2ccccc12. The van der Waals surface area contributed by atoms with Gasteiger partial charge in [0.25, 0.3) is 0 Å². The van der Waals surface area contributed by atoms with E-state index in [0.29, 0.717) is 5.75 Å². The number of hydrogen-bond donors (Lipinski definition) is 1. The molecular formula is C18H17NO2. The number of ether oxygens (including phenoxy) is 1. The number of hydrogen-bond acceptors (Lipinski definition) is 3. The molecule has 106 valence electrons. The molecule has 0 fully saturated rings. The second-order valence-corrected chi connectivity index (χ2v) is 5.10. The summed E-state index contributed by atoms with van der Waals surface area (Å²) in [6.07, 6.45) is 2.76. The zero-order valence-corrected chi connectivity index (χ0v) is 12.1. The van der Waals surface area contributed by atoms with Crippen LogP contribution in [-0.4, -0.2) is 17.2 Å². The summed E-state index contributed by atoms with van der Waals surface area (Å²) in [6.45, 7) is 2.00. The van der Waals surface area contributed by atoms with Crippen molar-refractivity contribution in [3.05, 3.63) is 71.5 Å². The maximum absolute atomic E-state index is 10.8. The number of aryl methyl sites for hydroxylation is 1. The first-order chi connectivity index (χ1) is 10.2. The first-order valence-corrected chi connectivity index (χ1v) is 6.86. The predicted octanol–water partition coefficient (Wildman–Crippen LogP) is 3.63. The summed E-state index contributed by atoms with van der Waals surface area (Å²) in [6, 6.07) is 13.7. The van der Waals surface area contributed by atoms with E-state index in [2.05, 4.69) is 4.98 Å². The summed E-state index contributed by atoms with van der Waals surface area (Å²) in [4.78, 5) is 4.24. The Morgan fingerprint density at radius 1 is 1.05 bits per heavy atom. The van der Waals surface area contributed by atoms with Crippen molar-refractivity contribution >= 4 is 10.8 Å². The van der Waals surface area contributed by atoms with Crippen LogP contribution in [-0.2, 0) is 0 Å². The van der Waals surface area contributed by atoms with Crippen molar-refractivity contribution in [1.82, 2.24) is 4.98 Å². The number of fused-ring (bicyclic) bond motifs is 1. The fourth-order valence-corrected chi connectivity index (χ4v) is 2.59. The van der Waals surface area contributed by atoms with Crippen LogP contribution in [0.5, 0.6) is 5.75 Å². The molecule has 3 aromatic rings. The molecule has 0 amide bonds. The Morgan fingerprint density at radius 3 is 2.67 bits per heavy atom. The lowest BCUT2D eigenvalue weighted by Gasteiger charge is -2.17. The largest absolute Gasteiger partial charge is 0.496 e. The van der Waals surface area contributed by atoms with E-state index in [4.69, 9.17) is 4.74 Å². The first kappa shape index (κ1) is 13.6. The molecule has 0 saturated heterocycles. The van der Waals surface area contributed by atoms with Gasteiger partial charge in [-0.05, 0) is 24.4 Å². The van der Waals surface area contributed by atoms with Gasteiger partial charge in [-0.1, -0.05) is 35.9 Å². The highest BCUT2D eigenvalue weighted by molar-refractivity contribution is 5.85. The van der Waals surface area contributed by atoms with Gasteiger partial charge in [0.15, 0.2) is 0 Å². The van der Waals surface area contributed by atoms with E-state index in [1.54, 1.807) is 19.5 Å². The molecule has 0 bridgehead atoms.